The third-order valence-electron chi connectivity index (χ3n) is 3.71. The average Bonchev–Trinajstić information content (AvgIpc) is 2.53. The summed E-state index contributed by atoms with van der Waals surface area (Å²) in [6, 6.07) is 11.7. The Hall–Kier alpha value is -1.33. The van der Waals surface area contributed by atoms with Crippen LogP contribution in [0.2, 0.25) is 0 Å². The van der Waals surface area contributed by atoms with E-state index in [4.69, 9.17) is 11.6 Å². The SMILES string of the molecule is CC(CCl)CN1c2ccccc2Sc2ccc(C(F)(F)F)cc21. The van der Waals surface area contributed by atoms with E-state index >= 15 is 0 Å². The van der Waals surface area contributed by atoms with Gasteiger partial charge in [0, 0.05) is 22.2 Å². The van der Waals surface area contributed by atoms with E-state index in [1.54, 1.807) is 6.07 Å². The quantitative estimate of drug-likeness (QED) is 0.603. The van der Waals surface area contributed by atoms with Crippen LogP contribution in [0.15, 0.2) is 52.3 Å². The Morgan fingerprint density at radius 2 is 1.78 bits per heavy atom. The van der Waals surface area contributed by atoms with Gasteiger partial charge in [-0.15, -0.1) is 11.6 Å². The van der Waals surface area contributed by atoms with Crippen LogP contribution >= 0.6 is 23.4 Å². The maximum absolute atomic E-state index is 13.1. The molecule has 23 heavy (non-hydrogen) atoms. The summed E-state index contributed by atoms with van der Waals surface area (Å²) in [5.74, 6) is 0.621. The fourth-order valence-electron chi connectivity index (χ4n) is 2.56. The Morgan fingerprint density at radius 1 is 1.09 bits per heavy atom. The number of anilines is 2. The topological polar surface area (TPSA) is 3.24 Å². The number of nitrogens with zero attached hydrogens (tertiary/aromatic N) is 1. The second kappa shape index (κ2) is 6.29. The Morgan fingerprint density at radius 3 is 2.48 bits per heavy atom. The standard InChI is InChI=1S/C17H15ClF3NS/c1-11(9-18)10-22-13-4-2-3-5-15(13)23-16-7-6-12(8-14(16)22)17(19,20)21/h2-8,11H,9-10H2,1H3. The molecule has 0 aromatic heterocycles. The second-order valence-electron chi connectivity index (χ2n) is 5.62. The van der Waals surface area contributed by atoms with E-state index in [1.165, 1.54) is 17.8 Å². The number of para-hydroxylation sites is 1. The summed E-state index contributed by atoms with van der Waals surface area (Å²) in [5, 5.41) is 0. The minimum atomic E-state index is -4.35. The lowest BCUT2D eigenvalue weighted by atomic mass is 10.1. The summed E-state index contributed by atoms with van der Waals surface area (Å²) in [6.45, 7) is 2.57. The first kappa shape index (κ1) is 16.5. The van der Waals surface area contributed by atoms with Gasteiger partial charge in [-0.2, -0.15) is 13.2 Å². The normalized spacial score (nSPS) is 15.1. The van der Waals surface area contributed by atoms with Crippen LogP contribution in [-0.2, 0) is 6.18 Å². The van der Waals surface area contributed by atoms with Gasteiger partial charge in [0.2, 0.25) is 0 Å². The molecule has 2 aromatic carbocycles. The van der Waals surface area contributed by atoms with Crippen LogP contribution in [0.3, 0.4) is 0 Å². The molecule has 0 radical (unpaired) electrons. The average molecular weight is 358 g/mol. The summed E-state index contributed by atoms with van der Waals surface area (Å²) in [4.78, 5) is 3.82. The Bertz CT molecular complexity index is 717. The molecule has 0 saturated carbocycles. The molecular formula is C17H15ClF3NS. The van der Waals surface area contributed by atoms with Crippen molar-refractivity contribution in [1.82, 2.24) is 0 Å². The Labute approximate surface area is 142 Å². The van der Waals surface area contributed by atoms with Gasteiger partial charge in [0.15, 0.2) is 0 Å². The van der Waals surface area contributed by atoms with Crippen molar-refractivity contribution < 1.29 is 13.2 Å². The molecule has 1 heterocycles. The molecule has 3 rings (SSSR count). The lowest BCUT2D eigenvalue weighted by Crippen LogP contribution is -2.27. The van der Waals surface area contributed by atoms with Crippen LogP contribution in [0.5, 0.6) is 0 Å². The highest BCUT2D eigenvalue weighted by Crippen LogP contribution is 2.49. The van der Waals surface area contributed by atoms with Crippen LogP contribution in [0.1, 0.15) is 12.5 Å². The molecule has 0 bridgehead atoms. The third kappa shape index (κ3) is 3.31. The maximum Gasteiger partial charge on any atom is 0.416 e. The molecular weight excluding hydrogens is 343 g/mol. The van der Waals surface area contributed by atoms with Crippen molar-refractivity contribution >= 4 is 34.7 Å². The van der Waals surface area contributed by atoms with Crippen molar-refractivity contribution in [3.8, 4) is 0 Å². The van der Waals surface area contributed by atoms with E-state index in [-0.39, 0.29) is 5.92 Å². The molecule has 1 unspecified atom stereocenters. The van der Waals surface area contributed by atoms with Gasteiger partial charge in [0.1, 0.15) is 0 Å². The summed E-state index contributed by atoms with van der Waals surface area (Å²) in [7, 11) is 0. The van der Waals surface area contributed by atoms with Crippen molar-refractivity contribution in [2.75, 3.05) is 17.3 Å². The van der Waals surface area contributed by atoms with Crippen LogP contribution in [0, 0.1) is 5.92 Å². The van der Waals surface area contributed by atoms with Crippen molar-refractivity contribution in [3.05, 3.63) is 48.0 Å². The Kier molecular flexibility index (Phi) is 4.52. The number of fused-ring (bicyclic) bond motifs is 2. The number of rotatable bonds is 3. The first-order valence-electron chi connectivity index (χ1n) is 7.22. The minimum absolute atomic E-state index is 0.162. The second-order valence-corrected chi connectivity index (χ2v) is 7.01. The van der Waals surface area contributed by atoms with Gasteiger partial charge in [0.05, 0.1) is 16.9 Å². The van der Waals surface area contributed by atoms with Gasteiger partial charge >= 0.3 is 6.18 Å². The predicted octanol–water partition coefficient (Wildman–Crippen LogP) is 6.18. The first-order chi connectivity index (χ1) is 10.9. The highest BCUT2D eigenvalue weighted by atomic mass is 35.5. The van der Waals surface area contributed by atoms with Crippen molar-refractivity contribution in [2.45, 2.75) is 22.9 Å². The number of hydrogen-bond acceptors (Lipinski definition) is 2. The van der Waals surface area contributed by atoms with Gasteiger partial charge in [-0.1, -0.05) is 30.8 Å². The van der Waals surface area contributed by atoms with E-state index in [9.17, 15) is 13.2 Å². The number of benzene rings is 2. The molecule has 0 amide bonds. The van der Waals surface area contributed by atoms with E-state index in [0.717, 1.165) is 21.5 Å². The summed E-state index contributed by atoms with van der Waals surface area (Å²) in [5.41, 5.74) is 0.904. The lowest BCUT2D eigenvalue weighted by Gasteiger charge is -2.34. The minimum Gasteiger partial charge on any atom is -0.339 e. The summed E-state index contributed by atoms with van der Waals surface area (Å²) in [6.07, 6.45) is -4.35. The molecule has 0 fully saturated rings. The van der Waals surface area contributed by atoms with Crippen LogP contribution < -0.4 is 4.90 Å². The molecule has 1 aliphatic rings. The van der Waals surface area contributed by atoms with Crippen LogP contribution in [0.25, 0.3) is 0 Å². The third-order valence-corrected chi connectivity index (χ3v) is 5.37. The van der Waals surface area contributed by atoms with Gasteiger partial charge in [0.25, 0.3) is 0 Å². The zero-order valence-electron chi connectivity index (χ0n) is 12.4. The monoisotopic (exact) mass is 357 g/mol. The van der Waals surface area contributed by atoms with Gasteiger partial charge in [-0.3, -0.25) is 0 Å². The fraction of sp³-hybridized carbons (Fsp3) is 0.294. The van der Waals surface area contributed by atoms with E-state index in [1.807, 2.05) is 36.1 Å². The number of alkyl halides is 4. The highest BCUT2D eigenvalue weighted by molar-refractivity contribution is 7.99. The van der Waals surface area contributed by atoms with E-state index in [2.05, 4.69) is 0 Å². The molecule has 0 saturated heterocycles. The van der Waals surface area contributed by atoms with E-state index in [0.29, 0.717) is 18.1 Å². The van der Waals surface area contributed by atoms with Gasteiger partial charge in [-0.25, -0.2) is 0 Å². The summed E-state index contributed by atoms with van der Waals surface area (Å²) < 4.78 is 39.2. The van der Waals surface area contributed by atoms with E-state index < -0.39 is 11.7 Å². The predicted molar refractivity (Wildman–Crippen MR) is 88.9 cm³/mol. The Balaban J connectivity index is 2.10. The lowest BCUT2D eigenvalue weighted by molar-refractivity contribution is -0.137. The molecule has 2 aromatic rings. The van der Waals surface area contributed by atoms with Crippen molar-refractivity contribution in [3.63, 3.8) is 0 Å². The number of halogens is 4. The molecule has 1 aliphatic heterocycles. The highest BCUT2D eigenvalue weighted by Gasteiger charge is 2.33. The van der Waals surface area contributed by atoms with Crippen LogP contribution in [-0.4, -0.2) is 12.4 Å². The summed E-state index contributed by atoms with van der Waals surface area (Å²) >= 11 is 7.42. The van der Waals surface area contributed by atoms with Gasteiger partial charge in [-0.05, 0) is 36.2 Å². The first-order valence-corrected chi connectivity index (χ1v) is 8.57. The molecule has 0 spiro atoms. The maximum atomic E-state index is 13.1. The zero-order valence-corrected chi connectivity index (χ0v) is 14.0. The van der Waals surface area contributed by atoms with Crippen molar-refractivity contribution in [2.24, 2.45) is 5.92 Å². The zero-order chi connectivity index (χ0) is 16.6. The number of hydrogen-bond donors (Lipinski definition) is 0. The smallest absolute Gasteiger partial charge is 0.339 e. The van der Waals surface area contributed by atoms with Gasteiger partial charge < -0.3 is 4.90 Å². The molecule has 0 aliphatic carbocycles. The van der Waals surface area contributed by atoms with Crippen LogP contribution in [0.4, 0.5) is 24.5 Å². The molecule has 1 atom stereocenters. The largest absolute Gasteiger partial charge is 0.416 e. The molecule has 122 valence electrons. The van der Waals surface area contributed by atoms with Crippen molar-refractivity contribution in [1.29, 1.82) is 0 Å². The molecule has 0 N–H and O–H groups in total. The molecule has 1 nitrogen and oxygen atoms in total. The fourth-order valence-corrected chi connectivity index (χ4v) is 3.74. The molecule has 6 heteroatoms.